The zero-order valence-corrected chi connectivity index (χ0v) is 15.2. The summed E-state index contributed by atoms with van der Waals surface area (Å²) in [7, 11) is -7.77. The summed E-state index contributed by atoms with van der Waals surface area (Å²) < 4.78 is 54.6. The van der Waals surface area contributed by atoms with Crippen molar-refractivity contribution in [1.82, 2.24) is 0 Å². The lowest BCUT2D eigenvalue weighted by Gasteiger charge is -2.25. The molecule has 5 nitrogen and oxygen atoms in total. The molecule has 2 aromatic rings. The molecular formula is C17H18O5S2. The van der Waals surface area contributed by atoms with Gasteiger partial charge in [0.2, 0.25) is 0 Å². The molecule has 0 saturated carbocycles. The fourth-order valence-electron chi connectivity index (χ4n) is 2.80. The van der Waals surface area contributed by atoms with Gasteiger partial charge in [-0.3, -0.25) is 4.18 Å². The Labute approximate surface area is 142 Å². The van der Waals surface area contributed by atoms with Gasteiger partial charge in [-0.1, -0.05) is 35.9 Å². The maximum atomic E-state index is 12.7. The Morgan fingerprint density at radius 1 is 1.00 bits per heavy atom. The molecule has 0 amide bonds. The average Bonchev–Trinajstić information content (AvgIpc) is 2.66. The molecule has 0 N–H and O–H groups in total. The molecule has 0 aliphatic carbocycles. The van der Waals surface area contributed by atoms with Gasteiger partial charge in [0.05, 0.1) is 9.79 Å². The predicted octanol–water partition coefficient (Wildman–Crippen LogP) is 3.01. The lowest BCUT2D eigenvalue weighted by Crippen LogP contribution is -2.34. The highest BCUT2D eigenvalue weighted by atomic mass is 32.2. The van der Waals surface area contributed by atoms with Gasteiger partial charge >= 0.3 is 0 Å². The Hall–Kier alpha value is -1.70. The summed E-state index contributed by atoms with van der Waals surface area (Å²) in [5.74, 6) is 0. The molecule has 7 heteroatoms. The fraction of sp³-hybridized carbons (Fsp3) is 0.294. The van der Waals surface area contributed by atoms with Crippen LogP contribution in [0.4, 0.5) is 0 Å². The van der Waals surface area contributed by atoms with Crippen molar-refractivity contribution >= 4 is 20.0 Å². The van der Waals surface area contributed by atoms with Gasteiger partial charge < -0.3 is 0 Å². The van der Waals surface area contributed by atoms with Crippen LogP contribution in [0.15, 0.2) is 58.3 Å². The molecule has 128 valence electrons. The first-order valence-electron chi connectivity index (χ1n) is 7.41. The number of hydrogen-bond acceptors (Lipinski definition) is 5. The van der Waals surface area contributed by atoms with Crippen LogP contribution in [0, 0.1) is 6.92 Å². The minimum absolute atomic E-state index is 0.00526. The van der Waals surface area contributed by atoms with Gasteiger partial charge in [0, 0.05) is 5.56 Å². The molecule has 0 aromatic heterocycles. The van der Waals surface area contributed by atoms with Crippen molar-refractivity contribution in [2.75, 3.05) is 0 Å². The summed E-state index contributed by atoms with van der Waals surface area (Å²) >= 11 is 0. The number of aryl methyl sites for hydroxylation is 1. The third-order valence-electron chi connectivity index (χ3n) is 4.35. The van der Waals surface area contributed by atoms with Gasteiger partial charge in [0.15, 0.2) is 9.84 Å². The highest BCUT2D eigenvalue weighted by Gasteiger charge is 2.54. The molecule has 24 heavy (non-hydrogen) atoms. The third kappa shape index (κ3) is 2.47. The van der Waals surface area contributed by atoms with Gasteiger partial charge in [0.1, 0.15) is 10.9 Å². The molecule has 0 spiro atoms. The van der Waals surface area contributed by atoms with Gasteiger partial charge in [-0.05, 0) is 39.0 Å². The maximum absolute atomic E-state index is 12.7. The van der Waals surface area contributed by atoms with E-state index in [9.17, 15) is 16.8 Å². The predicted molar refractivity (Wildman–Crippen MR) is 89.9 cm³/mol. The van der Waals surface area contributed by atoms with E-state index in [1.807, 2.05) is 6.92 Å². The van der Waals surface area contributed by atoms with Crippen LogP contribution in [0.3, 0.4) is 0 Å². The number of hydrogen-bond donors (Lipinski definition) is 0. The topological polar surface area (TPSA) is 77.5 Å². The standard InChI is InChI=1S/C17H18O5S2/c1-12-8-10-13(11-9-12)24(20,21)22-16-14-6-4-5-7-15(14)23(18,19)17(16,2)3/h4-11,16H,1-3H3. The van der Waals surface area contributed by atoms with Crippen LogP contribution in [0.2, 0.25) is 0 Å². The second-order valence-electron chi connectivity index (χ2n) is 6.39. The number of sulfone groups is 1. The maximum Gasteiger partial charge on any atom is 0.297 e. The van der Waals surface area contributed by atoms with Gasteiger partial charge in [-0.2, -0.15) is 8.42 Å². The van der Waals surface area contributed by atoms with Crippen LogP contribution in [0.25, 0.3) is 0 Å². The Morgan fingerprint density at radius 3 is 2.21 bits per heavy atom. The SMILES string of the molecule is Cc1ccc(S(=O)(=O)OC2c3ccccc3S(=O)(=O)C2(C)C)cc1. The second-order valence-corrected chi connectivity index (χ2v) is 10.5. The molecule has 1 heterocycles. The summed E-state index contributed by atoms with van der Waals surface area (Å²) in [4.78, 5) is 0.129. The largest absolute Gasteiger partial charge is 0.297 e. The van der Waals surface area contributed by atoms with Crippen molar-refractivity contribution in [3.8, 4) is 0 Å². The van der Waals surface area contributed by atoms with Crippen molar-refractivity contribution in [2.24, 2.45) is 0 Å². The van der Waals surface area contributed by atoms with Crippen LogP contribution >= 0.6 is 0 Å². The minimum Gasteiger partial charge on any atom is -0.256 e. The van der Waals surface area contributed by atoms with Crippen molar-refractivity contribution in [1.29, 1.82) is 0 Å². The molecule has 0 saturated heterocycles. The van der Waals surface area contributed by atoms with Crippen LogP contribution in [-0.2, 0) is 24.1 Å². The Morgan fingerprint density at radius 2 is 1.58 bits per heavy atom. The van der Waals surface area contributed by atoms with E-state index >= 15 is 0 Å². The van der Waals surface area contributed by atoms with E-state index in [2.05, 4.69) is 0 Å². The highest BCUT2D eigenvalue weighted by molar-refractivity contribution is 7.93. The Balaban J connectivity index is 2.08. The van der Waals surface area contributed by atoms with E-state index in [-0.39, 0.29) is 9.79 Å². The molecular weight excluding hydrogens is 348 g/mol. The molecule has 3 rings (SSSR count). The summed E-state index contributed by atoms with van der Waals surface area (Å²) in [6, 6.07) is 12.6. The highest BCUT2D eigenvalue weighted by Crippen LogP contribution is 2.49. The molecule has 1 atom stereocenters. The summed E-state index contributed by atoms with van der Waals surface area (Å²) in [6.07, 6.45) is -1.09. The van der Waals surface area contributed by atoms with E-state index in [4.69, 9.17) is 4.18 Å². The minimum atomic E-state index is -4.09. The second kappa shape index (κ2) is 5.40. The molecule has 2 aromatic carbocycles. The quantitative estimate of drug-likeness (QED) is 0.781. The normalized spacial score (nSPS) is 21.4. The zero-order chi connectivity index (χ0) is 17.8. The van der Waals surface area contributed by atoms with E-state index in [0.29, 0.717) is 5.56 Å². The lowest BCUT2D eigenvalue weighted by molar-refractivity contribution is 0.178. The molecule has 1 aliphatic heterocycles. The Bertz CT molecular complexity index is 988. The van der Waals surface area contributed by atoms with Crippen molar-refractivity contribution in [3.63, 3.8) is 0 Å². The Kier molecular flexibility index (Phi) is 3.86. The number of benzene rings is 2. The van der Waals surface area contributed by atoms with Crippen LogP contribution in [0.5, 0.6) is 0 Å². The van der Waals surface area contributed by atoms with E-state index < -0.39 is 30.8 Å². The van der Waals surface area contributed by atoms with Gasteiger partial charge in [-0.15, -0.1) is 0 Å². The van der Waals surface area contributed by atoms with Crippen molar-refractivity contribution in [3.05, 3.63) is 59.7 Å². The molecule has 0 fully saturated rings. The fourth-order valence-corrected chi connectivity index (χ4v) is 5.80. The summed E-state index contributed by atoms with van der Waals surface area (Å²) in [6.45, 7) is 4.81. The van der Waals surface area contributed by atoms with E-state index in [1.165, 1.54) is 32.0 Å². The van der Waals surface area contributed by atoms with E-state index in [1.54, 1.807) is 30.3 Å². The van der Waals surface area contributed by atoms with Crippen LogP contribution < -0.4 is 0 Å². The average molecular weight is 366 g/mol. The monoisotopic (exact) mass is 366 g/mol. The van der Waals surface area contributed by atoms with Crippen LogP contribution in [0.1, 0.15) is 31.1 Å². The lowest BCUT2D eigenvalue weighted by atomic mass is 9.99. The van der Waals surface area contributed by atoms with Crippen LogP contribution in [-0.4, -0.2) is 21.6 Å². The van der Waals surface area contributed by atoms with Crippen molar-refractivity contribution in [2.45, 2.75) is 41.4 Å². The summed E-state index contributed by atoms with van der Waals surface area (Å²) in [5.41, 5.74) is 1.29. The van der Waals surface area contributed by atoms with Gasteiger partial charge in [-0.25, -0.2) is 8.42 Å². The molecule has 0 radical (unpaired) electrons. The number of rotatable bonds is 3. The summed E-state index contributed by atoms with van der Waals surface area (Å²) in [5, 5.41) is 0. The first kappa shape index (κ1) is 17.1. The first-order chi connectivity index (χ1) is 11.1. The zero-order valence-electron chi connectivity index (χ0n) is 13.6. The molecule has 1 aliphatic rings. The third-order valence-corrected chi connectivity index (χ3v) is 8.19. The molecule has 1 unspecified atom stereocenters. The smallest absolute Gasteiger partial charge is 0.256 e. The van der Waals surface area contributed by atoms with Gasteiger partial charge in [0.25, 0.3) is 10.1 Å². The molecule has 0 bridgehead atoms. The van der Waals surface area contributed by atoms with Crippen molar-refractivity contribution < 1.29 is 21.0 Å². The first-order valence-corrected chi connectivity index (χ1v) is 10.3. The van der Waals surface area contributed by atoms with E-state index in [0.717, 1.165) is 5.56 Å². The number of fused-ring (bicyclic) bond motifs is 1.